The van der Waals surface area contributed by atoms with Gasteiger partial charge in [-0.15, -0.1) is 10.2 Å². The molecule has 0 aliphatic rings. The third kappa shape index (κ3) is 4.30. The highest BCUT2D eigenvalue weighted by atomic mass is 16.5. The molecule has 0 saturated heterocycles. The number of aromatic nitrogens is 4. The van der Waals surface area contributed by atoms with Crippen molar-refractivity contribution in [3.8, 4) is 5.75 Å². The highest BCUT2D eigenvalue weighted by molar-refractivity contribution is 5.65. The minimum absolute atomic E-state index is 0.296. The lowest BCUT2D eigenvalue weighted by atomic mass is 10.1. The molecule has 1 amide bonds. The van der Waals surface area contributed by atoms with E-state index in [0.717, 1.165) is 11.3 Å². The lowest BCUT2D eigenvalue weighted by molar-refractivity contribution is 0.189. The Morgan fingerprint density at radius 2 is 2.24 bits per heavy atom. The fourth-order valence-corrected chi connectivity index (χ4v) is 1.79. The fourth-order valence-electron chi connectivity index (χ4n) is 1.79. The Labute approximate surface area is 120 Å². The first-order valence-electron chi connectivity index (χ1n) is 6.24. The van der Waals surface area contributed by atoms with E-state index in [-0.39, 0.29) is 0 Å². The van der Waals surface area contributed by atoms with Crippen molar-refractivity contribution < 1.29 is 14.6 Å². The van der Waals surface area contributed by atoms with E-state index in [1.807, 2.05) is 24.3 Å². The van der Waals surface area contributed by atoms with Gasteiger partial charge in [-0.1, -0.05) is 30.0 Å². The molecule has 0 aliphatic carbocycles. The smallest absolute Gasteiger partial charge is 0.405 e. The van der Waals surface area contributed by atoms with Crippen LogP contribution in [0.25, 0.3) is 0 Å². The summed E-state index contributed by atoms with van der Waals surface area (Å²) >= 11 is 0. The second-order valence-corrected chi connectivity index (χ2v) is 4.22. The third-order valence-corrected chi connectivity index (χ3v) is 2.70. The number of carboxylic acid groups (broad SMARTS) is 1. The van der Waals surface area contributed by atoms with Crippen LogP contribution >= 0.6 is 0 Å². The highest BCUT2D eigenvalue weighted by Crippen LogP contribution is 2.18. The third-order valence-electron chi connectivity index (χ3n) is 2.70. The minimum atomic E-state index is -1.14. The van der Waals surface area contributed by atoms with E-state index in [2.05, 4.69) is 32.5 Å². The molecule has 0 aliphatic heterocycles. The van der Waals surface area contributed by atoms with Crippen LogP contribution in [0.3, 0.4) is 0 Å². The van der Waals surface area contributed by atoms with Crippen molar-refractivity contribution in [3.05, 3.63) is 48.3 Å². The van der Waals surface area contributed by atoms with Crippen molar-refractivity contribution in [2.45, 2.75) is 12.5 Å². The number of aromatic amines is 1. The number of rotatable bonds is 7. The van der Waals surface area contributed by atoms with Crippen molar-refractivity contribution in [3.63, 3.8) is 0 Å². The number of tetrazole rings is 1. The maximum atomic E-state index is 10.8. The van der Waals surface area contributed by atoms with Crippen molar-refractivity contribution in [2.24, 2.45) is 0 Å². The largest absolute Gasteiger partial charge is 0.490 e. The summed E-state index contributed by atoms with van der Waals surface area (Å²) in [6.45, 7) is 4.01. The molecule has 2 aromatic rings. The Kier molecular flexibility index (Phi) is 4.86. The van der Waals surface area contributed by atoms with Crippen LogP contribution in [0, 0.1) is 0 Å². The molecular formula is C13H15N5O3. The molecule has 1 aromatic carbocycles. The molecule has 8 heteroatoms. The molecule has 0 radical (unpaired) electrons. The van der Waals surface area contributed by atoms with Gasteiger partial charge in [0, 0.05) is 6.42 Å². The number of hydrogen-bond donors (Lipinski definition) is 3. The molecule has 21 heavy (non-hydrogen) atoms. The summed E-state index contributed by atoms with van der Waals surface area (Å²) in [5.74, 6) is 1.02. The first-order valence-corrected chi connectivity index (χ1v) is 6.24. The second kappa shape index (κ2) is 7.04. The quantitative estimate of drug-likeness (QED) is 0.662. The van der Waals surface area contributed by atoms with Crippen LogP contribution in [0.4, 0.5) is 4.79 Å². The summed E-state index contributed by atoms with van der Waals surface area (Å²) in [6.07, 6.45) is 0.931. The minimum Gasteiger partial charge on any atom is -0.490 e. The van der Waals surface area contributed by atoms with Crippen molar-refractivity contribution in [1.29, 1.82) is 0 Å². The first-order chi connectivity index (χ1) is 10.2. The van der Waals surface area contributed by atoms with Crippen LogP contribution in [0.2, 0.25) is 0 Å². The van der Waals surface area contributed by atoms with Crippen molar-refractivity contribution in [1.82, 2.24) is 25.9 Å². The van der Waals surface area contributed by atoms with E-state index < -0.39 is 12.1 Å². The number of nitrogens with zero attached hydrogens (tertiary/aromatic N) is 3. The van der Waals surface area contributed by atoms with Gasteiger partial charge >= 0.3 is 6.09 Å². The van der Waals surface area contributed by atoms with Crippen LogP contribution in [0.1, 0.15) is 17.4 Å². The first kappa shape index (κ1) is 14.5. The van der Waals surface area contributed by atoms with E-state index in [9.17, 15) is 4.79 Å². The lowest BCUT2D eigenvalue weighted by Gasteiger charge is -2.13. The Morgan fingerprint density at radius 3 is 2.81 bits per heavy atom. The molecule has 110 valence electrons. The molecule has 0 spiro atoms. The topological polar surface area (TPSA) is 113 Å². The van der Waals surface area contributed by atoms with E-state index in [1.165, 1.54) is 0 Å². The van der Waals surface area contributed by atoms with Crippen LogP contribution in [0.5, 0.6) is 5.75 Å². The zero-order chi connectivity index (χ0) is 15.1. The number of hydrogen-bond acceptors (Lipinski definition) is 5. The van der Waals surface area contributed by atoms with Gasteiger partial charge in [0.05, 0.1) is 0 Å². The van der Waals surface area contributed by atoms with E-state index in [0.29, 0.717) is 18.9 Å². The lowest BCUT2D eigenvalue weighted by Crippen LogP contribution is -2.29. The van der Waals surface area contributed by atoms with Gasteiger partial charge in [-0.3, -0.25) is 0 Å². The fraction of sp³-hybridized carbons (Fsp3) is 0.231. The summed E-state index contributed by atoms with van der Waals surface area (Å²) < 4.78 is 5.38. The molecular weight excluding hydrogens is 274 g/mol. The van der Waals surface area contributed by atoms with Gasteiger partial charge in [0.25, 0.3) is 0 Å². The predicted octanol–water partition coefficient (Wildman–Crippen LogP) is 1.32. The average molecular weight is 289 g/mol. The molecule has 1 heterocycles. The van der Waals surface area contributed by atoms with Crippen molar-refractivity contribution >= 4 is 6.09 Å². The molecule has 0 bridgehead atoms. The second-order valence-electron chi connectivity index (χ2n) is 4.22. The van der Waals surface area contributed by atoms with Gasteiger partial charge < -0.3 is 15.2 Å². The van der Waals surface area contributed by atoms with Gasteiger partial charge in [0.1, 0.15) is 18.4 Å². The molecule has 1 atom stereocenters. The SMILES string of the molecule is C=CCOc1ccc(CC(NC(=O)O)c2nn[nH]n2)cc1. The monoisotopic (exact) mass is 289 g/mol. The number of ether oxygens (including phenoxy) is 1. The standard InChI is InChI=1S/C13H15N5O3/c1-2-7-21-10-5-3-9(4-6-10)8-11(14-13(19)20)12-15-17-18-16-12/h2-6,11,14H,1,7-8H2,(H,19,20)(H,15,16,17,18). The summed E-state index contributed by atoms with van der Waals surface area (Å²) in [7, 11) is 0. The number of carbonyl (C=O) groups is 1. The normalized spacial score (nSPS) is 11.6. The van der Waals surface area contributed by atoms with Crippen LogP contribution in [0.15, 0.2) is 36.9 Å². The zero-order valence-electron chi connectivity index (χ0n) is 11.2. The van der Waals surface area contributed by atoms with Crippen LogP contribution < -0.4 is 10.1 Å². The number of amides is 1. The molecule has 1 unspecified atom stereocenters. The zero-order valence-corrected chi connectivity index (χ0v) is 11.2. The highest BCUT2D eigenvalue weighted by Gasteiger charge is 2.19. The molecule has 1 aromatic heterocycles. The molecule has 2 rings (SSSR count). The molecule has 3 N–H and O–H groups in total. The van der Waals surface area contributed by atoms with E-state index >= 15 is 0 Å². The van der Waals surface area contributed by atoms with Gasteiger partial charge in [-0.2, -0.15) is 5.21 Å². The van der Waals surface area contributed by atoms with Crippen LogP contribution in [-0.2, 0) is 6.42 Å². The van der Waals surface area contributed by atoms with Crippen LogP contribution in [-0.4, -0.2) is 38.4 Å². The van der Waals surface area contributed by atoms with Gasteiger partial charge in [0.2, 0.25) is 0 Å². The summed E-state index contributed by atoms with van der Waals surface area (Å²) in [4.78, 5) is 10.8. The number of nitrogens with one attached hydrogen (secondary N) is 2. The predicted molar refractivity (Wildman–Crippen MR) is 73.9 cm³/mol. The summed E-state index contributed by atoms with van der Waals surface area (Å²) in [5.41, 5.74) is 0.921. The summed E-state index contributed by atoms with van der Waals surface area (Å²) in [6, 6.07) is 6.77. The Balaban J connectivity index is 2.06. The summed E-state index contributed by atoms with van der Waals surface area (Å²) in [5, 5.41) is 24.6. The van der Waals surface area contributed by atoms with Gasteiger partial charge in [-0.25, -0.2) is 4.79 Å². The van der Waals surface area contributed by atoms with Crippen molar-refractivity contribution in [2.75, 3.05) is 6.61 Å². The Bertz CT molecular complexity index is 582. The molecule has 0 fully saturated rings. The van der Waals surface area contributed by atoms with E-state index in [4.69, 9.17) is 9.84 Å². The van der Waals surface area contributed by atoms with Gasteiger partial charge in [0.15, 0.2) is 5.82 Å². The average Bonchev–Trinajstić information content (AvgIpc) is 2.99. The number of H-pyrrole nitrogens is 1. The maximum absolute atomic E-state index is 10.8. The molecule has 8 nitrogen and oxygen atoms in total. The number of benzene rings is 1. The van der Waals surface area contributed by atoms with E-state index in [1.54, 1.807) is 6.08 Å². The molecule has 0 saturated carbocycles. The maximum Gasteiger partial charge on any atom is 0.405 e. The van der Waals surface area contributed by atoms with Gasteiger partial charge in [-0.05, 0) is 17.7 Å². The Hall–Kier alpha value is -2.90. The Morgan fingerprint density at radius 1 is 1.48 bits per heavy atom.